The molecule has 0 radical (unpaired) electrons. The Morgan fingerprint density at radius 2 is 1.95 bits per heavy atom. The topological polar surface area (TPSA) is 69.1 Å². The zero-order chi connectivity index (χ0) is 13.7. The first-order valence-electron chi connectivity index (χ1n) is 6.27. The summed E-state index contributed by atoms with van der Waals surface area (Å²) in [5.74, 6) is 1.01. The first-order chi connectivity index (χ1) is 9.74. The van der Waals surface area contributed by atoms with E-state index in [4.69, 9.17) is 4.52 Å². The molecule has 0 saturated heterocycles. The summed E-state index contributed by atoms with van der Waals surface area (Å²) in [6, 6.07) is 7.96. The first-order valence-corrected chi connectivity index (χ1v) is 6.27. The van der Waals surface area contributed by atoms with Crippen LogP contribution in [0.1, 0.15) is 11.6 Å². The van der Waals surface area contributed by atoms with E-state index < -0.39 is 0 Å². The Kier molecular flexibility index (Phi) is 2.14. The summed E-state index contributed by atoms with van der Waals surface area (Å²) in [6.07, 6.45) is 1.77. The van der Waals surface area contributed by atoms with E-state index in [0.29, 0.717) is 17.4 Å². The van der Waals surface area contributed by atoms with Crippen molar-refractivity contribution in [2.75, 3.05) is 0 Å². The maximum absolute atomic E-state index is 5.03. The average molecular weight is 265 g/mol. The summed E-state index contributed by atoms with van der Waals surface area (Å²) in [5.41, 5.74) is 4.43. The number of rotatable bonds is 1. The van der Waals surface area contributed by atoms with E-state index in [1.54, 1.807) is 13.3 Å². The van der Waals surface area contributed by atoms with E-state index >= 15 is 0 Å². The fourth-order valence-electron chi connectivity index (χ4n) is 2.43. The second-order valence-corrected chi connectivity index (χ2v) is 4.63. The molecule has 0 fully saturated rings. The molecule has 0 aliphatic heterocycles. The smallest absolute Gasteiger partial charge is 0.223 e. The highest BCUT2D eigenvalue weighted by atomic mass is 16.5. The summed E-state index contributed by atoms with van der Waals surface area (Å²) in [5, 5.41) is 3.94. The molecule has 4 aromatic rings. The molecule has 0 N–H and O–H groups in total. The highest BCUT2D eigenvalue weighted by Gasteiger charge is 2.16. The van der Waals surface area contributed by atoms with Gasteiger partial charge in [0, 0.05) is 6.92 Å². The van der Waals surface area contributed by atoms with Gasteiger partial charge in [0.05, 0.1) is 22.2 Å². The lowest BCUT2D eigenvalue weighted by Gasteiger charge is -2.04. The SMILES string of the molecule is Cc1nc(-c2ncn3c2c(C)nc2ccccc23)no1. The molecule has 0 aliphatic carbocycles. The molecule has 98 valence electrons. The van der Waals surface area contributed by atoms with Crippen LogP contribution >= 0.6 is 0 Å². The molecule has 0 spiro atoms. The predicted molar refractivity (Wildman–Crippen MR) is 73.3 cm³/mol. The second-order valence-electron chi connectivity index (χ2n) is 4.63. The van der Waals surface area contributed by atoms with Crippen molar-refractivity contribution in [2.45, 2.75) is 13.8 Å². The van der Waals surface area contributed by atoms with Gasteiger partial charge in [-0.3, -0.25) is 4.40 Å². The second kappa shape index (κ2) is 3.86. The van der Waals surface area contributed by atoms with E-state index in [2.05, 4.69) is 20.1 Å². The summed E-state index contributed by atoms with van der Waals surface area (Å²) in [7, 11) is 0. The number of para-hydroxylation sites is 2. The van der Waals surface area contributed by atoms with Crippen molar-refractivity contribution in [3.63, 3.8) is 0 Å². The van der Waals surface area contributed by atoms with E-state index in [0.717, 1.165) is 22.2 Å². The molecule has 1 aromatic carbocycles. The van der Waals surface area contributed by atoms with Crippen molar-refractivity contribution >= 4 is 16.6 Å². The molecule has 20 heavy (non-hydrogen) atoms. The lowest BCUT2D eigenvalue weighted by molar-refractivity contribution is 0.394. The Morgan fingerprint density at radius 1 is 1.10 bits per heavy atom. The third kappa shape index (κ3) is 1.45. The lowest BCUT2D eigenvalue weighted by atomic mass is 10.2. The average Bonchev–Trinajstić information content (AvgIpc) is 3.05. The summed E-state index contributed by atoms with van der Waals surface area (Å²) < 4.78 is 7.05. The number of aromatic nitrogens is 5. The van der Waals surface area contributed by atoms with Crippen molar-refractivity contribution in [2.24, 2.45) is 0 Å². The third-order valence-electron chi connectivity index (χ3n) is 3.28. The van der Waals surface area contributed by atoms with Gasteiger partial charge in [-0.05, 0) is 19.1 Å². The number of nitrogens with zero attached hydrogens (tertiary/aromatic N) is 5. The number of hydrogen-bond acceptors (Lipinski definition) is 5. The molecule has 0 aliphatic rings. The van der Waals surface area contributed by atoms with E-state index in [9.17, 15) is 0 Å². The van der Waals surface area contributed by atoms with Gasteiger partial charge in [0.25, 0.3) is 0 Å². The van der Waals surface area contributed by atoms with Crippen molar-refractivity contribution < 1.29 is 4.52 Å². The van der Waals surface area contributed by atoms with Gasteiger partial charge in [-0.1, -0.05) is 17.3 Å². The van der Waals surface area contributed by atoms with Gasteiger partial charge in [0.1, 0.15) is 12.0 Å². The maximum Gasteiger partial charge on any atom is 0.223 e. The normalized spacial score (nSPS) is 11.5. The molecule has 0 amide bonds. The van der Waals surface area contributed by atoms with Crippen LogP contribution in [0.4, 0.5) is 0 Å². The zero-order valence-electron chi connectivity index (χ0n) is 11.0. The van der Waals surface area contributed by atoms with Crippen LogP contribution in [-0.4, -0.2) is 24.5 Å². The van der Waals surface area contributed by atoms with Crippen molar-refractivity contribution in [3.8, 4) is 11.5 Å². The van der Waals surface area contributed by atoms with Gasteiger partial charge < -0.3 is 4.52 Å². The molecular formula is C14H11N5O. The van der Waals surface area contributed by atoms with Crippen LogP contribution in [0.5, 0.6) is 0 Å². The van der Waals surface area contributed by atoms with E-state index in [-0.39, 0.29) is 0 Å². The first kappa shape index (κ1) is 11.1. The molecular weight excluding hydrogens is 254 g/mol. The van der Waals surface area contributed by atoms with Crippen molar-refractivity contribution in [3.05, 3.63) is 42.2 Å². The predicted octanol–water partition coefficient (Wildman–Crippen LogP) is 2.55. The summed E-state index contributed by atoms with van der Waals surface area (Å²) in [4.78, 5) is 13.3. The van der Waals surface area contributed by atoms with Crippen molar-refractivity contribution in [1.29, 1.82) is 0 Å². The van der Waals surface area contributed by atoms with Crippen LogP contribution < -0.4 is 0 Å². The molecule has 0 bridgehead atoms. The summed E-state index contributed by atoms with van der Waals surface area (Å²) >= 11 is 0. The molecule has 0 unspecified atom stereocenters. The Bertz CT molecular complexity index is 937. The van der Waals surface area contributed by atoms with Crippen LogP contribution in [-0.2, 0) is 0 Å². The number of imidazole rings is 1. The molecule has 3 aromatic heterocycles. The van der Waals surface area contributed by atoms with Gasteiger partial charge in [-0.25, -0.2) is 9.97 Å². The Morgan fingerprint density at radius 3 is 2.75 bits per heavy atom. The minimum Gasteiger partial charge on any atom is -0.339 e. The van der Waals surface area contributed by atoms with Crippen LogP contribution in [0.25, 0.3) is 28.1 Å². The number of benzene rings is 1. The largest absolute Gasteiger partial charge is 0.339 e. The lowest BCUT2D eigenvalue weighted by Crippen LogP contribution is -1.94. The fourth-order valence-corrected chi connectivity index (χ4v) is 2.43. The number of aryl methyl sites for hydroxylation is 2. The molecule has 6 nitrogen and oxygen atoms in total. The number of fused-ring (bicyclic) bond motifs is 3. The van der Waals surface area contributed by atoms with Crippen LogP contribution in [0.2, 0.25) is 0 Å². The van der Waals surface area contributed by atoms with E-state index in [1.165, 1.54) is 0 Å². The molecule has 4 rings (SSSR count). The van der Waals surface area contributed by atoms with Crippen LogP contribution in [0.15, 0.2) is 35.1 Å². The molecule has 0 atom stereocenters. The molecule has 3 heterocycles. The van der Waals surface area contributed by atoms with Gasteiger partial charge in [-0.15, -0.1) is 0 Å². The third-order valence-corrected chi connectivity index (χ3v) is 3.28. The maximum atomic E-state index is 5.03. The molecule has 6 heteroatoms. The zero-order valence-corrected chi connectivity index (χ0v) is 11.0. The minimum atomic E-state index is 0.491. The van der Waals surface area contributed by atoms with Crippen LogP contribution in [0.3, 0.4) is 0 Å². The standard InChI is InChI=1S/C14H11N5O/c1-8-13-12(14-17-9(2)20-18-14)15-7-19(13)11-6-4-3-5-10(11)16-8/h3-7H,1-2H3. The Labute approximate surface area is 114 Å². The van der Waals surface area contributed by atoms with Gasteiger partial charge in [0.2, 0.25) is 11.7 Å². The van der Waals surface area contributed by atoms with Crippen LogP contribution in [0, 0.1) is 13.8 Å². The van der Waals surface area contributed by atoms with Gasteiger partial charge in [0.15, 0.2) is 0 Å². The Balaban J connectivity index is 2.13. The Hall–Kier alpha value is -2.76. The minimum absolute atomic E-state index is 0.491. The highest BCUT2D eigenvalue weighted by molar-refractivity contribution is 5.84. The summed E-state index contributed by atoms with van der Waals surface area (Å²) in [6.45, 7) is 3.72. The quantitative estimate of drug-likeness (QED) is 0.529. The van der Waals surface area contributed by atoms with Crippen molar-refractivity contribution in [1.82, 2.24) is 24.5 Å². The number of hydrogen-bond donors (Lipinski definition) is 0. The van der Waals surface area contributed by atoms with E-state index in [1.807, 2.05) is 35.6 Å². The van der Waals surface area contributed by atoms with Gasteiger partial charge in [-0.2, -0.15) is 4.98 Å². The van der Waals surface area contributed by atoms with Gasteiger partial charge >= 0.3 is 0 Å². The monoisotopic (exact) mass is 265 g/mol. The fraction of sp³-hybridized carbons (Fsp3) is 0.143. The highest BCUT2D eigenvalue weighted by Crippen LogP contribution is 2.25. The molecule has 0 saturated carbocycles.